The summed E-state index contributed by atoms with van der Waals surface area (Å²) in [5, 5.41) is 0. The van der Waals surface area contributed by atoms with Crippen LogP contribution in [0.15, 0.2) is 41.4 Å². The summed E-state index contributed by atoms with van der Waals surface area (Å²) in [6.45, 7) is 28.4. The van der Waals surface area contributed by atoms with Gasteiger partial charge in [0.1, 0.15) is 0 Å². The molecule has 7 heteroatoms. The van der Waals surface area contributed by atoms with Crippen LogP contribution in [0, 0.1) is 0 Å². The van der Waals surface area contributed by atoms with E-state index in [9.17, 15) is 0 Å². The van der Waals surface area contributed by atoms with Crippen molar-refractivity contribution in [2.45, 2.75) is 91.7 Å². The Morgan fingerprint density at radius 1 is 0.857 bits per heavy atom. The van der Waals surface area contributed by atoms with E-state index in [-0.39, 0.29) is 10.8 Å². The Morgan fingerprint density at radius 3 is 1.91 bits per heavy atom. The van der Waals surface area contributed by atoms with E-state index in [2.05, 4.69) is 95.4 Å². The molecule has 0 aliphatic carbocycles. The number of hydrogen-bond acceptors (Lipinski definition) is 4. The molecule has 0 atom stereocenters. The van der Waals surface area contributed by atoms with Crippen molar-refractivity contribution in [2.24, 2.45) is 4.99 Å². The Balaban J connectivity index is 2.70. The van der Waals surface area contributed by atoms with Gasteiger partial charge in [-0.3, -0.25) is 0 Å². The topological polar surface area (TPSA) is 34.1 Å². The van der Waals surface area contributed by atoms with Crippen molar-refractivity contribution < 1.29 is 7.81 Å². The van der Waals surface area contributed by atoms with Crippen LogP contribution in [0.2, 0.25) is 39.3 Å². The van der Waals surface area contributed by atoms with Gasteiger partial charge >= 0.3 is 229 Å². The van der Waals surface area contributed by atoms with Gasteiger partial charge in [0.25, 0.3) is 0 Å². The van der Waals surface area contributed by atoms with Crippen LogP contribution in [0.4, 0.5) is 5.69 Å². The quantitative estimate of drug-likeness (QED) is 0.223. The molecule has 0 unspecified atom stereocenters. The predicted octanol–water partition coefficient (Wildman–Crippen LogP) is 7.93. The van der Waals surface area contributed by atoms with Gasteiger partial charge in [-0.05, 0) is 0 Å². The minimum atomic E-state index is -1.49. The number of hydrogen-bond donors (Lipinski definition) is 0. The van der Waals surface area contributed by atoms with E-state index in [4.69, 9.17) is 12.8 Å². The number of para-hydroxylation sites is 2. The Hall–Kier alpha value is -1.10. The number of methoxy groups -OCH3 is 1. The summed E-state index contributed by atoms with van der Waals surface area (Å²) < 4.78 is 15.3. The van der Waals surface area contributed by atoms with Gasteiger partial charge in [-0.1, -0.05) is 0 Å². The number of rotatable bonds is 8. The molecule has 35 heavy (non-hydrogen) atoms. The Bertz CT molecular complexity index is 1030. The first-order valence-electron chi connectivity index (χ1n) is 12.4. The van der Waals surface area contributed by atoms with Gasteiger partial charge in [-0.2, -0.15) is 0 Å². The fourth-order valence-corrected chi connectivity index (χ4v) is 19.2. The molecule has 0 spiro atoms. The Labute approximate surface area is 227 Å². The van der Waals surface area contributed by atoms with Gasteiger partial charge in [-0.25, -0.2) is 0 Å². The predicted molar refractivity (Wildman–Crippen MR) is 159 cm³/mol. The van der Waals surface area contributed by atoms with Gasteiger partial charge in [0, 0.05) is 0 Å². The zero-order valence-corrected chi connectivity index (χ0v) is 29.1. The van der Waals surface area contributed by atoms with Crippen LogP contribution >= 0.6 is 0 Å². The third-order valence-corrected chi connectivity index (χ3v) is 26.6. The van der Waals surface area contributed by atoms with Crippen LogP contribution in [0.1, 0.15) is 58.2 Å². The molecule has 0 aliphatic rings. The van der Waals surface area contributed by atoms with Crippen molar-refractivity contribution in [1.29, 1.82) is 0 Å². The average molecular weight is 618 g/mol. The van der Waals surface area contributed by atoms with Gasteiger partial charge in [0.05, 0.1) is 0 Å². The number of aliphatic imine (C=N–C) groups is 1. The van der Waals surface area contributed by atoms with Crippen LogP contribution in [0.3, 0.4) is 0 Å². The standard InChI is InChI=1S/C22H29NO2.C6H18NSi2.Sn/c1-21(2,3)16-12-15(20(24)17(13-16)22(4,5)6)14-23-18-10-8-9-11-19(18)25-7;1-8(2,3)7-9(4,5)6;/h8-14,24H,1-7H3;1-6H3;/q;-1;+2/p-1. The molecule has 192 valence electrons. The van der Waals surface area contributed by atoms with E-state index in [0.717, 1.165) is 22.7 Å². The van der Waals surface area contributed by atoms with E-state index in [1.54, 1.807) is 7.11 Å². The second-order valence-electron chi connectivity index (χ2n) is 13.2. The Morgan fingerprint density at radius 2 is 1.43 bits per heavy atom. The summed E-state index contributed by atoms with van der Waals surface area (Å²) >= 11 is -1.30. The van der Waals surface area contributed by atoms with Crippen molar-refractivity contribution in [3.8, 4) is 11.5 Å². The molecule has 0 bridgehead atoms. The molecule has 0 aromatic heterocycles. The van der Waals surface area contributed by atoms with E-state index < -0.39 is 38.3 Å². The van der Waals surface area contributed by atoms with Crippen LogP contribution in [0.5, 0.6) is 11.5 Å². The molecule has 0 saturated heterocycles. The summed E-state index contributed by atoms with van der Waals surface area (Å²) in [7, 11) is -1.28. The minimum absolute atomic E-state index is 0.0221. The van der Waals surface area contributed by atoms with Crippen LogP contribution < -0.4 is 7.81 Å². The normalized spacial score (nSPS) is 13.5. The average Bonchev–Trinajstić information content (AvgIpc) is 2.69. The summed E-state index contributed by atoms with van der Waals surface area (Å²) in [5.41, 5.74) is 4.42. The third-order valence-electron chi connectivity index (χ3n) is 5.80. The fourth-order valence-electron chi connectivity index (χ4n) is 4.10. The van der Waals surface area contributed by atoms with Crippen LogP contribution in [-0.4, -0.2) is 54.1 Å². The van der Waals surface area contributed by atoms with E-state index in [1.165, 1.54) is 11.1 Å². The van der Waals surface area contributed by atoms with Gasteiger partial charge in [-0.15, -0.1) is 0 Å². The van der Waals surface area contributed by atoms with Crippen LogP contribution in [-0.2, 0) is 10.8 Å². The number of nitrogens with zero attached hydrogens (tertiary/aromatic N) is 2. The molecule has 0 amide bonds. The SMILES string of the molecule is COc1ccccc1N=Cc1cc(C(C)(C)C)cc(C(C)(C)C)c1[O][Sn][N]([Si](C)(C)C)[Si](C)(C)C. The molecule has 0 aliphatic heterocycles. The van der Waals surface area contributed by atoms with Crippen molar-refractivity contribution in [2.75, 3.05) is 7.11 Å². The molecule has 4 nitrogen and oxygen atoms in total. The van der Waals surface area contributed by atoms with Crippen molar-refractivity contribution in [3.05, 3.63) is 53.1 Å². The second kappa shape index (κ2) is 11.1. The Kier molecular flexibility index (Phi) is 9.56. The molecule has 2 aromatic carbocycles. The monoisotopic (exact) mass is 618 g/mol. The van der Waals surface area contributed by atoms with Gasteiger partial charge in [0.2, 0.25) is 0 Å². The van der Waals surface area contributed by atoms with Crippen LogP contribution in [0.25, 0.3) is 0 Å². The molecular weight excluding hydrogens is 571 g/mol. The van der Waals surface area contributed by atoms with Crippen molar-refractivity contribution in [3.63, 3.8) is 0 Å². The number of benzene rings is 2. The zero-order chi connectivity index (χ0) is 26.8. The molecule has 0 saturated carbocycles. The first-order valence-corrected chi connectivity index (χ1v) is 21.8. The molecule has 0 N–H and O–H groups in total. The second-order valence-corrected chi connectivity index (χ2v) is 28.2. The zero-order valence-electron chi connectivity index (χ0n) is 24.3. The summed E-state index contributed by atoms with van der Waals surface area (Å²) in [4.78, 5) is 4.87. The first-order chi connectivity index (χ1) is 15.9. The van der Waals surface area contributed by atoms with E-state index in [1.807, 2.05) is 30.5 Å². The molecule has 0 fully saturated rings. The summed E-state index contributed by atoms with van der Waals surface area (Å²) in [5.74, 6) is 1.78. The first kappa shape index (κ1) is 30.1. The maximum absolute atomic E-state index is 6.97. The summed E-state index contributed by atoms with van der Waals surface area (Å²) in [6, 6.07) is 12.5. The van der Waals surface area contributed by atoms with E-state index in [0.29, 0.717) is 0 Å². The fraction of sp³-hybridized carbons (Fsp3) is 0.536. The van der Waals surface area contributed by atoms with Crippen molar-refractivity contribution >= 4 is 50.2 Å². The maximum atomic E-state index is 6.97. The van der Waals surface area contributed by atoms with E-state index >= 15 is 0 Å². The summed E-state index contributed by atoms with van der Waals surface area (Å²) in [6.07, 6.45) is 1.98. The van der Waals surface area contributed by atoms with Gasteiger partial charge < -0.3 is 0 Å². The van der Waals surface area contributed by atoms with Gasteiger partial charge in [0.15, 0.2) is 0 Å². The molecule has 0 heterocycles. The third kappa shape index (κ3) is 8.20. The molecule has 2 rings (SSSR count). The molecule has 2 aromatic rings. The van der Waals surface area contributed by atoms with Crippen molar-refractivity contribution in [1.82, 2.24) is 2.45 Å². The number of ether oxygens (including phenoxy) is 1. The molecule has 2 radical (unpaired) electrons. The molecular formula is C28H46N2O2Si2Sn.